The molecule has 2 heterocycles. The third-order valence-corrected chi connectivity index (χ3v) is 3.11. The van der Waals surface area contributed by atoms with Gasteiger partial charge in [0.2, 0.25) is 5.95 Å². The first-order chi connectivity index (χ1) is 7.35. The van der Waals surface area contributed by atoms with E-state index in [4.69, 9.17) is 17.3 Å². The first-order valence-electron chi connectivity index (χ1n) is 4.13. The summed E-state index contributed by atoms with van der Waals surface area (Å²) < 4.78 is 36.5. The van der Waals surface area contributed by atoms with Gasteiger partial charge < -0.3 is 5.73 Å². The lowest BCUT2D eigenvalue weighted by atomic mass is 10.3. The molecule has 0 unspecified atom stereocenters. The Morgan fingerprint density at radius 1 is 1.38 bits per heavy atom. The Morgan fingerprint density at radius 2 is 2.06 bits per heavy atom. The van der Waals surface area contributed by atoms with Gasteiger partial charge in [-0.1, -0.05) is 11.6 Å². The fourth-order valence-corrected chi connectivity index (χ4v) is 2.59. The predicted molar refractivity (Wildman–Crippen MR) is 56.6 cm³/mol. The van der Waals surface area contributed by atoms with E-state index in [-0.39, 0.29) is 16.0 Å². The number of nitrogen functional groups attached to an aromatic ring is 1. The van der Waals surface area contributed by atoms with Crippen molar-refractivity contribution in [3.05, 3.63) is 16.1 Å². The minimum atomic E-state index is -4.24. The number of hydrogen-bond donors (Lipinski definition) is 1. The van der Waals surface area contributed by atoms with Crippen molar-refractivity contribution in [2.45, 2.75) is 12.6 Å². The molecular weight excluding hydrogens is 263 g/mol. The zero-order chi connectivity index (χ0) is 11.9. The fraction of sp³-hybridized carbons (Fsp3) is 0.250. The minimum Gasteiger partial charge on any atom is -0.368 e. The second-order valence-corrected chi connectivity index (χ2v) is 4.57. The SMILES string of the molecule is Nc1nc(Cl)c2cc(CC(F)(F)F)sc2n1. The molecule has 0 radical (unpaired) electrons. The standard InChI is InChI=1S/C8H5ClF3N3S/c9-5-4-1-3(2-8(10,11)12)16-6(4)15-7(13)14-5/h1H,2H2,(H2,13,14,15). The Morgan fingerprint density at radius 3 is 2.69 bits per heavy atom. The molecule has 2 N–H and O–H groups in total. The topological polar surface area (TPSA) is 51.8 Å². The van der Waals surface area contributed by atoms with Gasteiger partial charge in [0.05, 0.1) is 6.42 Å². The Hall–Kier alpha value is -1.08. The number of anilines is 1. The summed E-state index contributed by atoms with van der Waals surface area (Å²) in [4.78, 5) is 8.00. The van der Waals surface area contributed by atoms with Crippen molar-refractivity contribution in [3.8, 4) is 0 Å². The van der Waals surface area contributed by atoms with Crippen molar-refractivity contribution in [2.24, 2.45) is 0 Å². The summed E-state index contributed by atoms with van der Waals surface area (Å²) in [7, 11) is 0. The highest BCUT2D eigenvalue weighted by Gasteiger charge is 2.29. The molecule has 2 aromatic heterocycles. The van der Waals surface area contributed by atoms with Gasteiger partial charge in [-0.15, -0.1) is 11.3 Å². The average molecular weight is 268 g/mol. The van der Waals surface area contributed by atoms with Crippen LogP contribution in [-0.2, 0) is 6.42 Å². The van der Waals surface area contributed by atoms with Crippen LogP contribution in [0.4, 0.5) is 19.1 Å². The maximum atomic E-state index is 12.2. The molecule has 0 fully saturated rings. The lowest BCUT2D eigenvalue weighted by Gasteiger charge is -2.01. The van der Waals surface area contributed by atoms with Crippen molar-refractivity contribution in [2.75, 3.05) is 5.73 Å². The van der Waals surface area contributed by atoms with Crippen molar-refractivity contribution in [3.63, 3.8) is 0 Å². The van der Waals surface area contributed by atoms with Crippen molar-refractivity contribution in [1.82, 2.24) is 9.97 Å². The highest BCUT2D eigenvalue weighted by Crippen LogP contribution is 2.32. The van der Waals surface area contributed by atoms with E-state index in [1.54, 1.807) is 0 Å². The van der Waals surface area contributed by atoms with E-state index in [9.17, 15) is 13.2 Å². The summed E-state index contributed by atoms with van der Waals surface area (Å²) in [6.45, 7) is 0. The first kappa shape index (κ1) is 11.4. The van der Waals surface area contributed by atoms with Crippen LogP contribution < -0.4 is 5.73 Å². The molecule has 16 heavy (non-hydrogen) atoms. The van der Waals surface area contributed by atoms with Crippen LogP contribution in [0.25, 0.3) is 10.2 Å². The summed E-state index contributed by atoms with van der Waals surface area (Å²) in [5.74, 6) is -0.0436. The average Bonchev–Trinajstić information content (AvgIpc) is 2.43. The molecule has 2 rings (SSSR count). The van der Waals surface area contributed by atoms with Gasteiger partial charge >= 0.3 is 6.18 Å². The molecule has 0 saturated heterocycles. The molecule has 0 bridgehead atoms. The molecule has 8 heteroatoms. The largest absolute Gasteiger partial charge is 0.393 e. The van der Waals surface area contributed by atoms with Crippen LogP contribution in [0.2, 0.25) is 5.15 Å². The van der Waals surface area contributed by atoms with E-state index in [0.717, 1.165) is 11.3 Å². The summed E-state index contributed by atoms with van der Waals surface area (Å²) >= 11 is 6.66. The van der Waals surface area contributed by atoms with Gasteiger partial charge in [0.25, 0.3) is 0 Å². The monoisotopic (exact) mass is 267 g/mol. The first-order valence-corrected chi connectivity index (χ1v) is 5.33. The van der Waals surface area contributed by atoms with Gasteiger partial charge in [-0.25, -0.2) is 9.97 Å². The molecule has 0 aliphatic heterocycles. The van der Waals surface area contributed by atoms with Gasteiger partial charge in [-0.3, -0.25) is 0 Å². The normalized spacial score (nSPS) is 12.2. The Bertz CT molecular complexity index is 537. The zero-order valence-corrected chi connectivity index (χ0v) is 9.25. The van der Waals surface area contributed by atoms with E-state index in [0.29, 0.717) is 10.2 Å². The number of aromatic nitrogens is 2. The number of alkyl halides is 3. The van der Waals surface area contributed by atoms with Crippen molar-refractivity contribution in [1.29, 1.82) is 0 Å². The van der Waals surface area contributed by atoms with Crippen LogP contribution in [-0.4, -0.2) is 16.1 Å². The molecule has 2 aromatic rings. The third kappa shape index (κ3) is 2.35. The van der Waals surface area contributed by atoms with Crippen LogP contribution in [0.3, 0.4) is 0 Å². The van der Waals surface area contributed by atoms with Crippen molar-refractivity contribution >= 4 is 39.1 Å². The maximum absolute atomic E-state index is 12.2. The molecule has 0 aliphatic carbocycles. The van der Waals surface area contributed by atoms with E-state index >= 15 is 0 Å². The number of nitrogens with two attached hydrogens (primary N) is 1. The molecule has 0 amide bonds. The molecule has 0 saturated carbocycles. The third-order valence-electron chi connectivity index (χ3n) is 1.79. The van der Waals surface area contributed by atoms with Gasteiger partial charge in [0.1, 0.15) is 9.98 Å². The highest BCUT2D eigenvalue weighted by atomic mass is 35.5. The van der Waals surface area contributed by atoms with E-state index in [2.05, 4.69) is 9.97 Å². The van der Waals surface area contributed by atoms with Gasteiger partial charge in [0.15, 0.2) is 0 Å². The molecule has 0 atom stereocenters. The number of hydrogen-bond acceptors (Lipinski definition) is 4. The second kappa shape index (κ2) is 3.74. The molecule has 3 nitrogen and oxygen atoms in total. The molecular formula is C8H5ClF3N3S. The lowest BCUT2D eigenvalue weighted by Crippen LogP contribution is -2.09. The van der Waals surface area contributed by atoms with Gasteiger partial charge in [-0.05, 0) is 6.07 Å². The highest BCUT2D eigenvalue weighted by molar-refractivity contribution is 7.18. The van der Waals surface area contributed by atoms with Crippen LogP contribution in [0.5, 0.6) is 0 Å². The van der Waals surface area contributed by atoms with E-state index in [1.807, 2.05) is 0 Å². The molecule has 0 aromatic carbocycles. The predicted octanol–water partition coefficient (Wildman–Crippen LogP) is 3.03. The maximum Gasteiger partial charge on any atom is 0.393 e. The van der Waals surface area contributed by atoms with E-state index < -0.39 is 12.6 Å². The quantitative estimate of drug-likeness (QED) is 0.808. The summed E-state index contributed by atoms with van der Waals surface area (Å²) in [5.41, 5.74) is 5.34. The van der Waals surface area contributed by atoms with Gasteiger partial charge in [0, 0.05) is 10.3 Å². The molecule has 0 spiro atoms. The summed E-state index contributed by atoms with van der Waals surface area (Å²) in [5, 5.41) is 0.479. The Kier molecular flexibility index (Phi) is 2.67. The smallest absolute Gasteiger partial charge is 0.368 e. The van der Waals surface area contributed by atoms with Crippen LogP contribution >= 0.6 is 22.9 Å². The fourth-order valence-electron chi connectivity index (χ4n) is 1.24. The zero-order valence-electron chi connectivity index (χ0n) is 7.68. The van der Waals surface area contributed by atoms with Crippen molar-refractivity contribution < 1.29 is 13.2 Å². The van der Waals surface area contributed by atoms with Crippen LogP contribution in [0, 0.1) is 0 Å². The lowest BCUT2D eigenvalue weighted by molar-refractivity contribution is -0.126. The van der Waals surface area contributed by atoms with Crippen LogP contribution in [0.15, 0.2) is 6.07 Å². The Labute approximate surface area is 97.1 Å². The molecule has 86 valence electrons. The number of thiophene rings is 1. The second-order valence-electron chi connectivity index (χ2n) is 3.10. The summed E-state index contributed by atoms with van der Waals surface area (Å²) in [6.07, 6.45) is -5.24. The number of halogens is 4. The van der Waals surface area contributed by atoms with E-state index in [1.165, 1.54) is 6.07 Å². The van der Waals surface area contributed by atoms with Crippen LogP contribution in [0.1, 0.15) is 4.88 Å². The number of fused-ring (bicyclic) bond motifs is 1. The molecule has 0 aliphatic rings. The summed E-state index contributed by atoms with van der Waals surface area (Å²) in [6, 6.07) is 1.34. The minimum absolute atomic E-state index is 0.0436. The van der Waals surface area contributed by atoms with Gasteiger partial charge in [-0.2, -0.15) is 13.2 Å². The Balaban J connectivity index is 2.48. The number of nitrogens with zero attached hydrogens (tertiary/aromatic N) is 2. The number of rotatable bonds is 1.